The van der Waals surface area contributed by atoms with Gasteiger partial charge in [-0.3, -0.25) is 8.97 Å². The average Bonchev–Trinajstić information content (AvgIpc) is 3.16. The number of hydrogen-bond donors (Lipinski definition) is 0. The predicted molar refractivity (Wildman–Crippen MR) is 97.3 cm³/mol. The van der Waals surface area contributed by atoms with E-state index in [1.807, 2.05) is 24.3 Å². The first kappa shape index (κ1) is 16.1. The summed E-state index contributed by atoms with van der Waals surface area (Å²) in [6.07, 6.45) is -2.92. The van der Waals surface area contributed by atoms with Gasteiger partial charge in [-0.2, -0.15) is 13.2 Å². The van der Waals surface area contributed by atoms with Crippen LogP contribution in [0.3, 0.4) is 0 Å². The third kappa shape index (κ3) is 2.31. The molecule has 0 bridgehead atoms. The fourth-order valence-electron chi connectivity index (χ4n) is 3.41. The summed E-state index contributed by atoms with van der Waals surface area (Å²) < 4.78 is 43.9. The maximum Gasteiger partial charge on any atom is 0.418 e. The van der Waals surface area contributed by atoms with E-state index in [0.29, 0.717) is 22.1 Å². The van der Waals surface area contributed by atoms with Crippen molar-refractivity contribution in [2.24, 2.45) is 0 Å². The molecule has 0 N–H and O–H groups in total. The zero-order chi connectivity index (χ0) is 18.8. The molecule has 3 heterocycles. The van der Waals surface area contributed by atoms with Crippen LogP contribution in [0, 0.1) is 0 Å². The van der Waals surface area contributed by atoms with E-state index < -0.39 is 11.7 Å². The second kappa shape index (κ2) is 5.47. The predicted octanol–water partition coefficient (Wildman–Crippen LogP) is 5.50. The van der Waals surface area contributed by atoms with Crippen molar-refractivity contribution in [2.75, 3.05) is 0 Å². The van der Waals surface area contributed by atoms with Crippen molar-refractivity contribution in [3.05, 3.63) is 71.5 Å². The number of para-hydroxylation sites is 3. The summed E-state index contributed by atoms with van der Waals surface area (Å²) in [5.41, 5.74) is 1.79. The standard InChI is InChI=1S/C19H10ClF3N4/c20-16-9-8-11(10-24-16)26-13-5-1-2-6-14(13)27-15-7-3-4-12(19(21,22)23)17(15)25-18(26)27/h1-10H. The normalized spacial score (nSPS) is 12.4. The number of rotatable bonds is 1. The zero-order valence-electron chi connectivity index (χ0n) is 13.6. The largest absolute Gasteiger partial charge is 0.418 e. The number of halogens is 4. The number of benzene rings is 2. The van der Waals surface area contributed by atoms with Crippen LogP contribution in [0.25, 0.3) is 33.5 Å². The van der Waals surface area contributed by atoms with E-state index in [-0.39, 0.29) is 5.52 Å². The summed E-state index contributed by atoms with van der Waals surface area (Å²) in [7, 11) is 0. The molecule has 3 aromatic heterocycles. The maximum atomic E-state index is 13.5. The molecule has 5 rings (SSSR count). The van der Waals surface area contributed by atoms with Crippen LogP contribution < -0.4 is 0 Å². The Morgan fingerprint density at radius 3 is 2.30 bits per heavy atom. The van der Waals surface area contributed by atoms with Gasteiger partial charge in [0.15, 0.2) is 0 Å². The van der Waals surface area contributed by atoms with Crippen LogP contribution >= 0.6 is 11.6 Å². The number of imidazole rings is 2. The molecular weight excluding hydrogens is 377 g/mol. The zero-order valence-corrected chi connectivity index (χ0v) is 14.3. The van der Waals surface area contributed by atoms with Gasteiger partial charge < -0.3 is 0 Å². The number of aromatic nitrogens is 4. The minimum Gasteiger partial charge on any atom is -0.277 e. The first-order chi connectivity index (χ1) is 12.9. The summed E-state index contributed by atoms with van der Waals surface area (Å²) in [4.78, 5) is 8.45. The van der Waals surface area contributed by atoms with Gasteiger partial charge in [0.05, 0.1) is 34.0 Å². The molecule has 4 nitrogen and oxygen atoms in total. The Hall–Kier alpha value is -3.06. The number of fused-ring (bicyclic) bond motifs is 5. The lowest BCUT2D eigenvalue weighted by molar-refractivity contribution is -0.136. The molecule has 0 aliphatic heterocycles. The number of nitrogens with zero attached hydrogens (tertiary/aromatic N) is 4. The Bertz CT molecular complexity index is 1320. The average molecular weight is 387 g/mol. The van der Waals surface area contributed by atoms with Crippen LogP contribution in [0.5, 0.6) is 0 Å². The lowest BCUT2D eigenvalue weighted by atomic mass is 10.2. The summed E-state index contributed by atoms with van der Waals surface area (Å²) >= 11 is 5.88. The Balaban J connectivity index is 1.98. The molecule has 0 saturated heterocycles. The SMILES string of the molecule is FC(F)(F)c1cccc2c1nc1n(-c3ccc(Cl)nc3)c3ccccc3n21. The Morgan fingerprint density at radius 2 is 1.59 bits per heavy atom. The van der Waals surface area contributed by atoms with E-state index in [4.69, 9.17) is 11.6 Å². The molecule has 0 fully saturated rings. The molecule has 5 aromatic rings. The third-order valence-electron chi connectivity index (χ3n) is 4.51. The van der Waals surface area contributed by atoms with Gasteiger partial charge in [0.25, 0.3) is 0 Å². The van der Waals surface area contributed by atoms with Crippen LogP contribution in [0.2, 0.25) is 5.15 Å². The monoisotopic (exact) mass is 386 g/mol. The van der Waals surface area contributed by atoms with Crippen molar-refractivity contribution >= 4 is 39.4 Å². The van der Waals surface area contributed by atoms with Gasteiger partial charge in [0, 0.05) is 0 Å². The lowest BCUT2D eigenvalue weighted by Gasteiger charge is -2.07. The van der Waals surface area contributed by atoms with Crippen molar-refractivity contribution in [3.63, 3.8) is 0 Å². The van der Waals surface area contributed by atoms with Gasteiger partial charge in [-0.25, -0.2) is 9.97 Å². The fraction of sp³-hybridized carbons (Fsp3) is 0.0526. The fourth-order valence-corrected chi connectivity index (χ4v) is 3.52. The highest BCUT2D eigenvalue weighted by molar-refractivity contribution is 6.29. The van der Waals surface area contributed by atoms with E-state index in [1.165, 1.54) is 6.07 Å². The summed E-state index contributed by atoms with van der Waals surface area (Å²) in [5.74, 6) is 0.382. The highest BCUT2D eigenvalue weighted by Crippen LogP contribution is 2.36. The number of alkyl halides is 3. The smallest absolute Gasteiger partial charge is 0.277 e. The molecule has 0 amide bonds. The molecular formula is C19H10ClF3N4. The van der Waals surface area contributed by atoms with Crippen LogP contribution in [0.1, 0.15) is 5.56 Å². The topological polar surface area (TPSA) is 35.1 Å². The Kier molecular flexibility index (Phi) is 3.27. The molecule has 0 atom stereocenters. The minimum atomic E-state index is -4.48. The van der Waals surface area contributed by atoms with E-state index in [9.17, 15) is 13.2 Å². The Labute approximate surface area is 155 Å². The van der Waals surface area contributed by atoms with E-state index in [1.54, 1.807) is 33.4 Å². The summed E-state index contributed by atoms with van der Waals surface area (Å²) in [5, 5.41) is 0.332. The van der Waals surface area contributed by atoms with Gasteiger partial charge in [-0.05, 0) is 36.4 Å². The molecule has 0 unspecified atom stereocenters. The van der Waals surface area contributed by atoms with Gasteiger partial charge in [0.2, 0.25) is 5.78 Å². The molecule has 134 valence electrons. The molecule has 0 aliphatic carbocycles. The van der Waals surface area contributed by atoms with Gasteiger partial charge >= 0.3 is 6.18 Å². The second-order valence-electron chi connectivity index (χ2n) is 6.08. The van der Waals surface area contributed by atoms with Gasteiger partial charge in [0.1, 0.15) is 10.7 Å². The molecule has 0 radical (unpaired) electrons. The summed E-state index contributed by atoms with van der Waals surface area (Å²) in [6, 6.07) is 14.9. The molecule has 2 aromatic carbocycles. The van der Waals surface area contributed by atoms with E-state index in [2.05, 4.69) is 9.97 Å². The highest BCUT2D eigenvalue weighted by atomic mass is 35.5. The van der Waals surface area contributed by atoms with Crippen molar-refractivity contribution in [3.8, 4) is 5.69 Å². The van der Waals surface area contributed by atoms with E-state index in [0.717, 1.165) is 17.1 Å². The minimum absolute atomic E-state index is 0.0820. The highest BCUT2D eigenvalue weighted by Gasteiger charge is 2.34. The first-order valence-corrected chi connectivity index (χ1v) is 8.43. The van der Waals surface area contributed by atoms with Crippen LogP contribution in [0.15, 0.2) is 60.8 Å². The quantitative estimate of drug-likeness (QED) is 0.357. The first-order valence-electron chi connectivity index (χ1n) is 8.05. The molecule has 8 heteroatoms. The second-order valence-corrected chi connectivity index (χ2v) is 6.47. The van der Waals surface area contributed by atoms with Crippen molar-refractivity contribution in [2.45, 2.75) is 6.18 Å². The molecule has 0 spiro atoms. The van der Waals surface area contributed by atoms with Gasteiger partial charge in [-0.1, -0.05) is 29.8 Å². The van der Waals surface area contributed by atoms with Crippen LogP contribution in [-0.2, 0) is 6.18 Å². The molecule has 0 aliphatic rings. The van der Waals surface area contributed by atoms with Crippen LogP contribution in [0.4, 0.5) is 13.2 Å². The van der Waals surface area contributed by atoms with Crippen molar-refractivity contribution in [1.82, 2.24) is 18.9 Å². The van der Waals surface area contributed by atoms with Crippen molar-refractivity contribution in [1.29, 1.82) is 0 Å². The number of hydrogen-bond acceptors (Lipinski definition) is 2. The van der Waals surface area contributed by atoms with Gasteiger partial charge in [-0.15, -0.1) is 0 Å². The van der Waals surface area contributed by atoms with Crippen LogP contribution in [-0.4, -0.2) is 18.9 Å². The Morgan fingerprint density at radius 1 is 0.852 bits per heavy atom. The number of pyridine rings is 1. The van der Waals surface area contributed by atoms with Crippen molar-refractivity contribution < 1.29 is 13.2 Å². The molecule has 0 saturated carbocycles. The maximum absolute atomic E-state index is 13.5. The summed E-state index contributed by atoms with van der Waals surface area (Å²) in [6.45, 7) is 0. The lowest BCUT2D eigenvalue weighted by Crippen LogP contribution is -2.05. The molecule has 27 heavy (non-hydrogen) atoms. The third-order valence-corrected chi connectivity index (χ3v) is 4.73. The van der Waals surface area contributed by atoms with E-state index >= 15 is 0 Å².